The van der Waals surface area contributed by atoms with Gasteiger partial charge in [0.15, 0.2) is 0 Å². The molecule has 0 N–H and O–H groups in total. The number of allylic oxidation sites excluding steroid dienone is 2. The molecule has 10 aromatic carbocycles. The van der Waals surface area contributed by atoms with E-state index in [2.05, 4.69) is 372 Å². The second kappa shape index (κ2) is 31.9. The van der Waals surface area contributed by atoms with E-state index in [1.165, 1.54) is 226 Å². The molecule has 0 saturated carbocycles. The van der Waals surface area contributed by atoms with E-state index in [0.717, 1.165) is 52.4 Å². The van der Waals surface area contributed by atoms with Crippen LogP contribution < -0.4 is 9.80 Å². The van der Waals surface area contributed by atoms with Gasteiger partial charge in [-0.15, -0.1) is 0 Å². The Morgan fingerprint density at radius 3 is 1.17 bits per heavy atom. The van der Waals surface area contributed by atoms with Crippen molar-refractivity contribution in [3.05, 3.63) is 288 Å². The highest BCUT2D eigenvalue weighted by atomic mass is 79.9. The predicted molar refractivity (Wildman–Crippen MR) is 501 cm³/mol. The first kappa shape index (κ1) is 81.4. The largest absolute Gasteiger partial charge is 0.331 e. The Morgan fingerprint density at radius 2 is 0.719 bits per heavy atom. The molecule has 5 aliphatic carbocycles. The monoisotopic (exact) mass is 1630 g/mol. The Morgan fingerprint density at radius 1 is 0.333 bits per heavy atom. The lowest BCUT2D eigenvalue weighted by atomic mass is 9.68. The summed E-state index contributed by atoms with van der Waals surface area (Å²) in [5.74, 6) is 0. The average molecular weight is 1640 g/mol. The minimum Gasteiger partial charge on any atom is -0.331 e. The molecular formula is C110H128Br2N2. The first-order chi connectivity index (χ1) is 54.5. The lowest BCUT2D eigenvalue weighted by Gasteiger charge is -2.44. The number of hydrogen-bond donors (Lipinski definition) is 0. The van der Waals surface area contributed by atoms with Gasteiger partial charge in [0.1, 0.15) is 0 Å². The van der Waals surface area contributed by atoms with E-state index in [0.29, 0.717) is 0 Å². The molecule has 0 saturated heterocycles. The molecule has 0 radical (unpaired) electrons. The van der Waals surface area contributed by atoms with Gasteiger partial charge in [-0.25, -0.2) is 0 Å². The third-order valence-corrected chi connectivity index (χ3v) is 28.5. The number of halogens is 2. The van der Waals surface area contributed by atoms with Crippen LogP contribution in [0.5, 0.6) is 0 Å². The molecule has 4 heteroatoms. The zero-order chi connectivity index (χ0) is 80.5. The molecule has 0 aromatic heterocycles. The fraction of sp³-hybridized carbons (Fsp3) is 0.418. The van der Waals surface area contributed by atoms with Crippen LogP contribution in [0.15, 0.2) is 221 Å². The van der Waals surface area contributed by atoms with Gasteiger partial charge in [0.25, 0.3) is 0 Å². The van der Waals surface area contributed by atoms with Gasteiger partial charge in [-0.2, -0.15) is 0 Å². The SMILES string of the molecule is CCCCCCC1(CCCCCC)c2cc(C(C)(C)C)ccc2-c2c(N(c3ccc(Br)cc3)c3ccc(-c4ccc5c(c4)C4(c6ccccc6-c6ccccc64)c4cc(N(c6cc(C(C)(C)C)cc7c6-c6ccc(C(C)(C)C)cc6C7(CCCCCC)CCCCCC)C6(C)C=CC(Br)=CC6)ccc4-5)cc3)cc(C(C)(C)C)cc21. The van der Waals surface area contributed by atoms with Crippen molar-refractivity contribution in [1.29, 1.82) is 0 Å². The van der Waals surface area contributed by atoms with Crippen molar-refractivity contribution < 1.29 is 0 Å². The van der Waals surface area contributed by atoms with Crippen molar-refractivity contribution >= 4 is 60.3 Å². The summed E-state index contributed by atoms with van der Waals surface area (Å²) in [7, 11) is 0. The summed E-state index contributed by atoms with van der Waals surface area (Å²) in [5, 5.41) is 0. The van der Waals surface area contributed by atoms with Crippen LogP contribution in [-0.2, 0) is 37.9 Å². The van der Waals surface area contributed by atoms with Gasteiger partial charge in [0.2, 0.25) is 0 Å². The second-order valence-corrected chi connectivity index (χ2v) is 41.1. The van der Waals surface area contributed by atoms with E-state index < -0.39 is 11.0 Å². The molecule has 0 bridgehead atoms. The Hall–Kier alpha value is -7.76. The van der Waals surface area contributed by atoms with Crippen LogP contribution in [0, 0.1) is 0 Å². The molecule has 1 atom stereocenters. The number of unbranched alkanes of at least 4 members (excludes halogenated alkanes) is 12. The van der Waals surface area contributed by atoms with Crippen molar-refractivity contribution in [1.82, 2.24) is 0 Å². The fourth-order valence-electron chi connectivity index (χ4n) is 20.9. The third kappa shape index (κ3) is 14.6. The number of benzene rings is 10. The Labute approximate surface area is 704 Å². The second-order valence-electron chi connectivity index (χ2n) is 39.3. The molecule has 0 aliphatic heterocycles. The van der Waals surface area contributed by atoms with Crippen molar-refractivity contribution in [3.8, 4) is 55.6 Å². The fourth-order valence-corrected chi connectivity index (χ4v) is 21.5. The molecule has 5 aliphatic rings. The summed E-state index contributed by atoms with van der Waals surface area (Å²) >= 11 is 7.90. The zero-order valence-corrected chi connectivity index (χ0v) is 75.4. The van der Waals surface area contributed by atoms with E-state index in [-0.39, 0.29) is 32.5 Å². The molecule has 10 aromatic rings. The van der Waals surface area contributed by atoms with Gasteiger partial charge in [-0.3, -0.25) is 0 Å². The minimum atomic E-state index is -0.624. The lowest BCUT2D eigenvalue weighted by molar-refractivity contribution is 0.399. The average Bonchev–Trinajstić information content (AvgIpc) is 1.50. The maximum absolute atomic E-state index is 4.00. The number of anilines is 5. The summed E-state index contributed by atoms with van der Waals surface area (Å²) in [5.41, 5.74) is 35.1. The normalized spacial score (nSPS) is 16.4. The van der Waals surface area contributed by atoms with Crippen LogP contribution in [-0.4, -0.2) is 5.54 Å². The standard InChI is InChI=1S/C110H128Br2N2/c1-18-22-26-34-60-108(61-35-27-23-19-2)93-67-76(103(5,6)7)45-55-89(93)101-97(108)69-78(105(11,12)13)71-99(101)113(83-51-47-80(111)48-52-83)82-49-42-74(43-50-82)75-44-54-87-88-57-53-84(73-96(88)110(95(87)66-75)91-40-32-30-38-85(91)86-39-31-33-41-92(86)110)114(107(17)64-58-81(112)59-65-107)100-72-79(106(14,15)16)70-98-102(100)90-56-46-77(104(8,9)10)68-94(90)109(98,62-36-28-24-20-3)63-37-29-25-21-4/h30-33,38-59,64,66-73H,18-29,34-37,60-63,65H2,1-17H3. The molecule has 0 heterocycles. The van der Waals surface area contributed by atoms with Crippen molar-refractivity contribution in [2.45, 2.75) is 296 Å². The van der Waals surface area contributed by atoms with E-state index in [9.17, 15) is 0 Å². The van der Waals surface area contributed by atoms with Crippen LogP contribution in [0.25, 0.3) is 55.6 Å². The van der Waals surface area contributed by atoms with Crippen LogP contribution in [0.4, 0.5) is 28.4 Å². The highest BCUT2D eigenvalue weighted by Crippen LogP contribution is 2.67. The number of fused-ring (bicyclic) bond motifs is 16. The molecule has 0 amide bonds. The molecule has 1 spiro atoms. The van der Waals surface area contributed by atoms with Gasteiger partial charge in [-0.1, -0.05) is 385 Å². The molecule has 2 nitrogen and oxygen atoms in total. The van der Waals surface area contributed by atoms with Gasteiger partial charge < -0.3 is 9.80 Å². The lowest BCUT2D eigenvalue weighted by Crippen LogP contribution is -2.43. The maximum Gasteiger partial charge on any atom is 0.0726 e. The first-order valence-electron chi connectivity index (χ1n) is 44.2. The maximum atomic E-state index is 4.00. The number of hydrogen-bond acceptors (Lipinski definition) is 2. The van der Waals surface area contributed by atoms with E-state index >= 15 is 0 Å². The van der Waals surface area contributed by atoms with Gasteiger partial charge in [0, 0.05) is 48.0 Å². The van der Waals surface area contributed by atoms with Crippen molar-refractivity contribution in [3.63, 3.8) is 0 Å². The predicted octanol–water partition coefficient (Wildman–Crippen LogP) is 33.7. The van der Waals surface area contributed by atoms with E-state index in [1.54, 1.807) is 16.7 Å². The smallest absolute Gasteiger partial charge is 0.0726 e. The molecule has 1 unspecified atom stereocenters. The van der Waals surface area contributed by atoms with Crippen LogP contribution in [0.3, 0.4) is 0 Å². The van der Waals surface area contributed by atoms with Crippen LogP contribution >= 0.6 is 31.9 Å². The summed E-state index contributed by atoms with van der Waals surface area (Å²) in [6, 6.07) is 79.0. The zero-order valence-electron chi connectivity index (χ0n) is 72.2. The summed E-state index contributed by atoms with van der Waals surface area (Å²) < 4.78 is 2.21. The Balaban J connectivity index is 0.920. The highest BCUT2D eigenvalue weighted by molar-refractivity contribution is 9.12. The van der Waals surface area contributed by atoms with E-state index in [1.807, 2.05) is 0 Å². The first-order valence-corrected chi connectivity index (χ1v) is 45.8. The van der Waals surface area contributed by atoms with Crippen molar-refractivity contribution in [2.75, 3.05) is 9.80 Å². The summed E-state index contributed by atoms with van der Waals surface area (Å²) in [4.78, 5) is 5.45. The highest BCUT2D eigenvalue weighted by Gasteiger charge is 2.54. The molecule has 15 rings (SSSR count). The summed E-state index contributed by atoms with van der Waals surface area (Å²) in [6.45, 7) is 41.0. The Kier molecular flexibility index (Phi) is 22.8. The third-order valence-electron chi connectivity index (χ3n) is 27.3. The number of rotatable bonds is 27. The van der Waals surface area contributed by atoms with Gasteiger partial charge >= 0.3 is 0 Å². The van der Waals surface area contributed by atoms with E-state index in [4.69, 9.17) is 0 Å². The minimum absolute atomic E-state index is 0.00408. The summed E-state index contributed by atoms with van der Waals surface area (Å²) in [6.07, 6.45) is 32.6. The van der Waals surface area contributed by atoms with Crippen LogP contribution in [0.1, 0.15) is 319 Å². The van der Waals surface area contributed by atoms with Crippen LogP contribution in [0.2, 0.25) is 0 Å². The topological polar surface area (TPSA) is 6.48 Å². The van der Waals surface area contributed by atoms with Crippen molar-refractivity contribution in [2.24, 2.45) is 0 Å². The Bertz CT molecular complexity index is 5210. The van der Waals surface area contributed by atoms with Gasteiger partial charge in [0.05, 0.1) is 22.3 Å². The number of nitrogens with zero attached hydrogens (tertiary/aromatic N) is 2. The molecule has 592 valence electrons. The molecule has 114 heavy (non-hydrogen) atoms. The molecular weight excluding hydrogens is 1510 g/mol. The quantitative estimate of drug-likeness (QED) is 0.0474. The molecule has 0 fully saturated rings. The van der Waals surface area contributed by atoms with Gasteiger partial charge in [-0.05, 0) is 245 Å².